The van der Waals surface area contributed by atoms with Gasteiger partial charge in [0, 0.05) is 5.69 Å². The number of likely N-dealkylation sites (N-methyl/N-ethyl adjacent to an activating group) is 1. The SMILES string of the molecule is COC(=O)c1c(C)[nH]c(C(=O)C(C)N(C)Cc2ccco2)c1C. The molecule has 0 spiro atoms. The molecule has 2 heterocycles. The fourth-order valence-electron chi connectivity index (χ4n) is 2.60. The highest BCUT2D eigenvalue weighted by Gasteiger charge is 2.27. The maximum Gasteiger partial charge on any atom is 0.339 e. The Morgan fingerprint density at radius 3 is 2.65 bits per heavy atom. The molecule has 0 amide bonds. The second kappa shape index (κ2) is 6.83. The number of hydrogen-bond acceptors (Lipinski definition) is 5. The van der Waals surface area contributed by atoms with E-state index in [2.05, 4.69) is 4.98 Å². The lowest BCUT2D eigenvalue weighted by atomic mass is 10.0. The van der Waals surface area contributed by atoms with Gasteiger partial charge in [0.05, 0.1) is 37.2 Å². The van der Waals surface area contributed by atoms with Gasteiger partial charge in [-0.2, -0.15) is 0 Å². The van der Waals surface area contributed by atoms with Crippen LogP contribution in [0.5, 0.6) is 0 Å². The van der Waals surface area contributed by atoms with Crippen molar-refractivity contribution in [2.24, 2.45) is 0 Å². The third-order valence-electron chi connectivity index (χ3n) is 4.10. The van der Waals surface area contributed by atoms with Crippen molar-refractivity contribution in [3.8, 4) is 0 Å². The van der Waals surface area contributed by atoms with Crippen molar-refractivity contribution in [3.05, 3.63) is 46.7 Å². The number of Topliss-reactive ketones (excluding diaryl/α,β-unsaturated/α-hetero) is 1. The molecule has 0 bridgehead atoms. The number of esters is 1. The summed E-state index contributed by atoms with van der Waals surface area (Å²) in [5.74, 6) is 0.281. The van der Waals surface area contributed by atoms with E-state index in [1.807, 2.05) is 31.0 Å². The number of furan rings is 1. The number of H-pyrrole nitrogens is 1. The minimum Gasteiger partial charge on any atom is -0.468 e. The Hall–Kier alpha value is -2.34. The van der Waals surface area contributed by atoms with Gasteiger partial charge in [0.25, 0.3) is 0 Å². The van der Waals surface area contributed by atoms with Gasteiger partial charge < -0.3 is 14.1 Å². The molecular weight excluding hydrogens is 296 g/mol. The van der Waals surface area contributed by atoms with Gasteiger partial charge in [-0.15, -0.1) is 0 Å². The first-order chi connectivity index (χ1) is 10.9. The van der Waals surface area contributed by atoms with Gasteiger partial charge >= 0.3 is 5.97 Å². The van der Waals surface area contributed by atoms with Crippen LogP contribution in [-0.2, 0) is 11.3 Å². The Balaban J connectivity index is 2.21. The standard InChI is InChI=1S/C17H22N2O4/c1-10-14(17(21)22-5)11(2)18-15(10)16(20)12(3)19(4)9-13-7-6-8-23-13/h6-8,12,18H,9H2,1-5H3. The molecule has 1 atom stereocenters. The monoisotopic (exact) mass is 318 g/mol. The fraction of sp³-hybridized carbons (Fsp3) is 0.412. The van der Waals surface area contributed by atoms with Crippen LogP contribution in [0.3, 0.4) is 0 Å². The van der Waals surface area contributed by atoms with Crippen LogP contribution in [-0.4, -0.2) is 41.8 Å². The smallest absolute Gasteiger partial charge is 0.339 e. The number of aryl methyl sites for hydroxylation is 1. The van der Waals surface area contributed by atoms with Crippen molar-refractivity contribution in [3.63, 3.8) is 0 Å². The lowest BCUT2D eigenvalue weighted by molar-refractivity contribution is 0.0599. The Morgan fingerprint density at radius 2 is 2.09 bits per heavy atom. The molecule has 6 nitrogen and oxygen atoms in total. The molecule has 0 aliphatic carbocycles. The quantitative estimate of drug-likeness (QED) is 0.654. The molecule has 0 fully saturated rings. The summed E-state index contributed by atoms with van der Waals surface area (Å²) in [6.07, 6.45) is 1.61. The van der Waals surface area contributed by atoms with E-state index >= 15 is 0 Å². The molecular formula is C17H22N2O4. The van der Waals surface area contributed by atoms with E-state index in [-0.39, 0.29) is 11.8 Å². The number of methoxy groups -OCH3 is 1. The van der Waals surface area contributed by atoms with Crippen LogP contribution in [0.25, 0.3) is 0 Å². The van der Waals surface area contributed by atoms with Gasteiger partial charge in [-0.25, -0.2) is 4.79 Å². The number of carbonyl (C=O) groups is 2. The Morgan fingerprint density at radius 1 is 1.39 bits per heavy atom. The largest absolute Gasteiger partial charge is 0.468 e. The number of ether oxygens (including phenoxy) is 1. The Labute approximate surface area is 135 Å². The number of nitrogens with one attached hydrogen (secondary N) is 1. The molecule has 0 saturated carbocycles. The van der Waals surface area contributed by atoms with Crippen LogP contribution in [0.1, 0.15) is 44.8 Å². The molecule has 6 heteroatoms. The van der Waals surface area contributed by atoms with Crippen molar-refractivity contribution >= 4 is 11.8 Å². The Bertz CT molecular complexity index is 701. The predicted molar refractivity (Wildman–Crippen MR) is 85.6 cm³/mol. The van der Waals surface area contributed by atoms with Gasteiger partial charge in [0.15, 0.2) is 5.78 Å². The summed E-state index contributed by atoms with van der Waals surface area (Å²) in [6, 6.07) is 3.33. The molecule has 1 unspecified atom stereocenters. The number of aromatic nitrogens is 1. The van der Waals surface area contributed by atoms with Crippen molar-refractivity contribution in [1.29, 1.82) is 0 Å². The predicted octanol–water partition coefficient (Wildman–Crippen LogP) is 2.71. The van der Waals surface area contributed by atoms with Gasteiger partial charge in [-0.05, 0) is 45.5 Å². The lowest BCUT2D eigenvalue weighted by Gasteiger charge is -2.22. The Kier molecular flexibility index (Phi) is 5.05. The number of nitrogens with zero attached hydrogens (tertiary/aromatic N) is 1. The van der Waals surface area contributed by atoms with Crippen molar-refractivity contribution in [2.45, 2.75) is 33.4 Å². The normalized spacial score (nSPS) is 12.4. The summed E-state index contributed by atoms with van der Waals surface area (Å²) < 4.78 is 10.1. The van der Waals surface area contributed by atoms with Crippen LogP contribution in [0.4, 0.5) is 0 Å². The molecule has 0 aliphatic heterocycles. The van der Waals surface area contributed by atoms with E-state index in [1.54, 1.807) is 20.1 Å². The summed E-state index contributed by atoms with van der Waals surface area (Å²) in [7, 11) is 3.19. The van der Waals surface area contributed by atoms with E-state index in [9.17, 15) is 9.59 Å². The molecule has 1 N–H and O–H groups in total. The number of rotatable bonds is 6. The van der Waals surface area contributed by atoms with E-state index in [0.29, 0.717) is 29.1 Å². The summed E-state index contributed by atoms with van der Waals surface area (Å²) >= 11 is 0. The topological polar surface area (TPSA) is 75.5 Å². The first kappa shape index (κ1) is 17.0. The average Bonchev–Trinajstić information content (AvgIpc) is 3.13. The molecule has 0 aliphatic rings. The summed E-state index contributed by atoms with van der Waals surface area (Å²) in [5, 5.41) is 0. The van der Waals surface area contributed by atoms with Crippen molar-refractivity contribution in [2.75, 3.05) is 14.2 Å². The van der Waals surface area contributed by atoms with Crippen LogP contribution in [0, 0.1) is 13.8 Å². The van der Waals surface area contributed by atoms with E-state index in [0.717, 1.165) is 5.76 Å². The molecule has 2 aromatic heterocycles. The molecule has 124 valence electrons. The van der Waals surface area contributed by atoms with Crippen LogP contribution in [0.15, 0.2) is 22.8 Å². The number of ketones is 1. The van der Waals surface area contributed by atoms with Crippen LogP contribution in [0.2, 0.25) is 0 Å². The zero-order valence-corrected chi connectivity index (χ0v) is 14.1. The summed E-state index contributed by atoms with van der Waals surface area (Å²) in [4.78, 5) is 29.5. The van der Waals surface area contributed by atoms with Gasteiger partial charge in [-0.1, -0.05) is 0 Å². The maximum atomic E-state index is 12.8. The van der Waals surface area contributed by atoms with E-state index in [4.69, 9.17) is 9.15 Å². The van der Waals surface area contributed by atoms with Crippen LogP contribution < -0.4 is 0 Å². The molecule has 2 rings (SSSR count). The fourth-order valence-corrected chi connectivity index (χ4v) is 2.60. The minimum absolute atomic E-state index is 0.0743. The zero-order chi connectivity index (χ0) is 17.1. The molecule has 0 aromatic carbocycles. The summed E-state index contributed by atoms with van der Waals surface area (Å²) in [6.45, 7) is 5.87. The average molecular weight is 318 g/mol. The van der Waals surface area contributed by atoms with E-state index < -0.39 is 5.97 Å². The molecule has 0 saturated heterocycles. The third kappa shape index (κ3) is 3.37. The molecule has 0 radical (unpaired) electrons. The minimum atomic E-state index is -0.438. The van der Waals surface area contributed by atoms with Gasteiger partial charge in [-0.3, -0.25) is 9.69 Å². The lowest BCUT2D eigenvalue weighted by Crippen LogP contribution is -2.36. The first-order valence-corrected chi connectivity index (χ1v) is 7.41. The second-order valence-corrected chi connectivity index (χ2v) is 5.65. The number of aromatic amines is 1. The second-order valence-electron chi connectivity index (χ2n) is 5.65. The number of carbonyl (C=O) groups excluding carboxylic acids is 2. The summed E-state index contributed by atoms with van der Waals surface area (Å²) in [5.41, 5.74) is 2.13. The highest BCUT2D eigenvalue weighted by molar-refractivity contribution is 6.03. The van der Waals surface area contributed by atoms with Crippen molar-refractivity contribution < 1.29 is 18.7 Å². The molecule has 2 aromatic rings. The highest BCUT2D eigenvalue weighted by atomic mass is 16.5. The van der Waals surface area contributed by atoms with E-state index in [1.165, 1.54) is 7.11 Å². The molecule has 23 heavy (non-hydrogen) atoms. The zero-order valence-electron chi connectivity index (χ0n) is 14.1. The highest BCUT2D eigenvalue weighted by Crippen LogP contribution is 2.21. The third-order valence-corrected chi connectivity index (χ3v) is 4.10. The first-order valence-electron chi connectivity index (χ1n) is 7.41. The van der Waals surface area contributed by atoms with Gasteiger partial charge in [0.1, 0.15) is 5.76 Å². The van der Waals surface area contributed by atoms with Crippen molar-refractivity contribution in [1.82, 2.24) is 9.88 Å². The van der Waals surface area contributed by atoms with Gasteiger partial charge in [0.2, 0.25) is 0 Å². The maximum absolute atomic E-state index is 12.8. The van der Waals surface area contributed by atoms with Crippen LogP contribution >= 0.6 is 0 Å². The number of hydrogen-bond donors (Lipinski definition) is 1.